The molecule has 2 nitrogen and oxygen atoms in total. The molecule has 70 valence electrons. The van der Waals surface area contributed by atoms with Crippen molar-refractivity contribution in [3.63, 3.8) is 0 Å². The van der Waals surface area contributed by atoms with Gasteiger partial charge in [0.05, 0.1) is 15.6 Å². The zero-order chi connectivity index (χ0) is 9.26. The Morgan fingerprint density at radius 1 is 1.46 bits per heavy atom. The number of aldehydes is 1. The lowest BCUT2D eigenvalue weighted by Crippen LogP contribution is -1.90. The molecule has 0 unspecified atom stereocenters. The molecule has 0 aromatic carbocycles. The van der Waals surface area contributed by atoms with Gasteiger partial charge in [0.15, 0.2) is 6.29 Å². The molecule has 0 amide bonds. The summed E-state index contributed by atoms with van der Waals surface area (Å²) in [6.07, 6.45) is 6.07. The van der Waals surface area contributed by atoms with Gasteiger partial charge < -0.3 is 0 Å². The summed E-state index contributed by atoms with van der Waals surface area (Å²) in [5, 5.41) is 1.18. The molecule has 1 saturated carbocycles. The maximum atomic E-state index is 10.6. The van der Waals surface area contributed by atoms with Gasteiger partial charge in [0.2, 0.25) is 0 Å². The molecule has 1 aromatic heterocycles. The lowest BCUT2D eigenvalue weighted by molar-refractivity contribution is 0.112. The third kappa shape index (κ3) is 1.66. The van der Waals surface area contributed by atoms with Gasteiger partial charge in [-0.05, 0) is 19.8 Å². The molecule has 0 radical (unpaired) electrons. The molecule has 1 aliphatic rings. The van der Waals surface area contributed by atoms with Crippen LogP contribution in [0.2, 0.25) is 0 Å². The summed E-state index contributed by atoms with van der Waals surface area (Å²) >= 11 is 1.58. The number of rotatable bonds is 2. The number of nitrogens with zero attached hydrogens (tertiary/aromatic N) is 1. The normalized spacial score (nSPS) is 17.9. The molecule has 0 bridgehead atoms. The van der Waals surface area contributed by atoms with Gasteiger partial charge in [-0.25, -0.2) is 4.98 Å². The van der Waals surface area contributed by atoms with Crippen molar-refractivity contribution < 1.29 is 4.79 Å². The smallest absolute Gasteiger partial charge is 0.161 e. The summed E-state index contributed by atoms with van der Waals surface area (Å²) in [5.41, 5.74) is 0.905. The van der Waals surface area contributed by atoms with E-state index in [4.69, 9.17) is 0 Å². The molecule has 1 heterocycles. The van der Waals surface area contributed by atoms with E-state index >= 15 is 0 Å². The van der Waals surface area contributed by atoms with Crippen LogP contribution in [0, 0.1) is 6.92 Å². The van der Waals surface area contributed by atoms with Crippen LogP contribution in [-0.4, -0.2) is 11.3 Å². The molecule has 2 rings (SSSR count). The molecular weight excluding hydrogens is 182 g/mol. The molecule has 1 aromatic rings. The van der Waals surface area contributed by atoms with Crippen LogP contribution in [0.15, 0.2) is 0 Å². The van der Waals surface area contributed by atoms with Crippen molar-refractivity contribution in [3.8, 4) is 0 Å². The van der Waals surface area contributed by atoms with Gasteiger partial charge >= 0.3 is 0 Å². The predicted molar refractivity (Wildman–Crippen MR) is 53.4 cm³/mol. The highest BCUT2D eigenvalue weighted by atomic mass is 32.1. The fraction of sp³-hybridized carbons (Fsp3) is 0.600. The molecule has 0 atom stereocenters. The summed E-state index contributed by atoms with van der Waals surface area (Å²) in [7, 11) is 0. The van der Waals surface area contributed by atoms with Crippen molar-refractivity contribution in [2.75, 3.05) is 0 Å². The minimum Gasteiger partial charge on any atom is -0.297 e. The Bertz CT molecular complexity index is 313. The highest BCUT2D eigenvalue weighted by Crippen LogP contribution is 2.36. The maximum absolute atomic E-state index is 10.6. The molecule has 13 heavy (non-hydrogen) atoms. The van der Waals surface area contributed by atoms with Gasteiger partial charge in [0, 0.05) is 5.92 Å². The number of thiazole rings is 1. The fourth-order valence-corrected chi connectivity index (χ4v) is 2.94. The van der Waals surface area contributed by atoms with Crippen molar-refractivity contribution in [3.05, 3.63) is 15.6 Å². The Labute approximate surface area is 82.0 Å². The van der Waals surface area contributed by atoms with Crippen molar-refractivity contribution in [1.82, 2.24) is 4.98 Å². The second-order valence-electron chi connectivity index (χ2n) is 3.60. The lowest BCUT2D eigenvalue weighted by atomic mass is 10.1. The third-order valence-electron chi connectivity index (χ3n) is 2.66. The number of hydrogen-bond acceptors (Lipinski definition) is 3. The fourth-order valence-electron chi connectivity index (χ4n) is 1.89. The molecule has 0 spiro atoms. The number of carbonyl (C=O) groups is 1. The highest BCUT2D eigenvalue weighted by Gasteiger charge is 2.21. The maximum Gasteiger partial charge on any atom is 0.161 e. The summed E-state index contributed by atoms with van der Waals surface area (Å²) in [6, 6.07) is 0. The number of aromatic nitrogens is 1. The van der Waals surface area contributed by atoms with Crippen LogP contribution < -0.4 is 0 Å². The molecule has 0 saturated heterocycles. The summed E-state index contributed by atoms with van der Waals surface area (Å²) < 4.78 is 0. The van der Waals surface area contributed by atoms with Crippen LogP contribution in [0.4, 0.5) is 0 Å². The van der Waals surface area contributed by atoms with E-state index in [0.717, 1.165) is 16.9 Å². The van der Waals surface area contributed by atoms with E-state index in [1.807, 2.05) is 6.92 Å². The van der Waals surface area contributed by atoms with Crippen molar-refractivity contribution >= 4 is 17.6 Å². The van der Waals surface area contributed by atoms with Crippen LogP contribution in [0.5, 0.6) is 0 Å². The van der Waals surface area contributed by atoms with Gasteiger partial charge in [-0.1, -0.05) is 12.8 Å². The van der Waals surface area contributed by atoms with E-state index in [9.17, 15) is 4.79 Å². The van der Waals surface area contributed by atoms with Crippen molar-refractivity contribution in [1.29, 1.82) is 0 Å². The first-order valence-electron chi connectivity index (χ1n) is 4.74. The Balaban J connectivity index is 2.24. The Morgan fingerprint density at radius 2 is 2.15 bits per heavy atom. The molecular formula is C10H13NOS. The van der Waals surface area contributed by atoms with Crippen LogP contribution >= 0.6 is 11.3 Å². The highest BCUT2D eigenvalue weighted by molar-refractivity contribution is 7.13. The van der Waals surface area contributed by atoms with Crippen LogP contribution in [0.1, 0.15) is 52.0 Å². The molecule has 1 aliphatic carbocycles. The molecule has 0 N–H and O–H groups in total. The van der Waals surface area contributed by atoms with E-state index in [1.165, 1.54) is 30.7 Å². The van der Waals surface area contributed by atoms with Crippen LogP contribution in [0.3, 0.4) is 0 Å². The Hall–Kier alpha value is -0.700. The van der Waals surface area contributed by atoms with Crippen molar-refractivity contribution in [2.24, 2.45) is 0 Å². The molecule has 0 aliphatic heterocycles. The number of aryl methyl sites for hydroxylation is 1. The Morgan fingerprint density at radius 3 is 2.69 bits per heavy atom. The summed E-state index contributed by atoms with van der Waals surface area (Å²) in [5.74, 6) is 0.636. The summed E-state index contributed by atoms with van der Waals surface area (Å²) in [6.45, 7) is 1.92. The van der Waals surface area contributed by atoms with E-state index in [1.54, 1.807) is 11.3 Å². The zero-order valence-electron chi connectivity index (χ0n) is 7.75. The van der Waals surface area contributed by atoms with Gasteiger partial charge in [0.25, 0.3) is 0 Å². The molecule has 3 heteroatoms. The van der Waals surface area contributed by atoms with Gasteiger partial charge in [-0.2, -0.15) is 0 Å². The predicted octanol–water partition coefficient (Wildman–Crippen LogP) is 2.92. The monoisotopic (exact) mass is 195 g/mol. The van der Waals surface area contributed by atoms with E-state index in [-0.39, 0.29) is 0 Å². The quantitative estimate of drug-likeness (QED) is 0.679. The second kappa shape index (κ2) is 3.58. The topological polar surface area (TPSA) is 30.0 Å². The van der Waals surface area contributed by atoms with Gasteiger partial charge in [0.1, 0.15) is 0 Å². The van der Waals surface area contributed by atoms with Gasteiger partial charge in [-0.3, -0.25) is 4.79 Å². The number of hydrogen-bond donors (Lipinski definition) is 0. The lowest BCUT2D eigenvalue weighted by Gasteiger charge is -2.01. The zero-order valence-corrected chi connectivity index (χ0v) is 8.56. The van der Waals surface area contributed by atoms with E-state index in [2.05, 4.69) is 4.98 Å². The first-order chi connectivity index (χ1) is 6.31. The van der Waals surface area contributed by atoms with Crippen LogP contribution in [0.25, 0.3) is 0 Å². The minimum absolute atomic E-state index is 0.636. The first kappa shape index (κ1) is 8.88. The van der Waals surface area contributed by atoms with Gasteiger partial charge in [-0.15, -0.1) is 11.3 Å². The van der Waals surface area contributed by atoms with E-state index in [0.29, 0.717) is 5.92 Å². The second-order valence-corrected chi connectivity index (χ2v) is 4.66. The van der Waals surface area contributed by atoms with Crippen LogP contribution in [-0.2, 0) is 0 Å². The van der Waals surface area contributed by atoms with E-state index < -0.39 is 0 Å². The summed E-state index contributed by atoms with van der Waals surface area (Å²) in [4.78, 5) is 15.9. The Kier molecular flexibility index (Phi) is 2.44. The third-order valence-corrected chi connectivity index (χ3v) is 3.91. The van der Waals surface area contributed by atoms with Crippen molar-refractivity contribution in [2.45, 2.75) is 38.5 Å². The molecule has 1 fully saturated rings. The SMILES string of the molecule is Cc1nc(C2CCCC2)sc1C=O. The standard InChI is InChI=1S/C10H13NOS/c1-7-9(6-12)13-10(11-7)8-4-2-3-5-8/h6,8H,2-5H2,1H3. The first-order valence-corrected chi connectivity index (χ1v) is 5.55. The average Bonchev–Trinajstić information content (AvgIpc) is 2.71. The minimum atomic E-state index is 0.636. The largest absolute Gasteiger partial charge is 0.297 e. The average molecular weight is 195 g/mol. The number of carbonyl (C=O) groups excluding carboxylic acids is 1.